The van der Waals surface area contributed by atoms with Gasteiger partial charge < -0.3 is 5.11 Å². The Morgan fingerprint density at radius 2 is 1.90 bits per heavy atom. The summed E-state index contributed by atoms with van der Waals surface area (Å²) < 4.78 is 2.18. The van der Waals surface area contributed by atoms with E-state index in [1.807, 2.05) is 0 Å². The van der Waals surface area contributed by atoms with Crippen LogP contribution in [0.2, 0.25) is 0 Å². The lowest BCUT2D eigenvalue weighted by molar-refractivity contribution is 0.105. The molecule has 1 N–H and O–H groups in total. The van der Waals surface area contributed by atoms with Crippen molar-refractivity contribution < 1.29 is 5.11 Å². The molecule has 3 nitrogen and oxygen atoms in total. The number of nitrogens with zero attached hydrogens (tertiary/aromatic N) is 2. The minimum atomic E-state index is 0.324. The SMILES string of the molecule is OCC1CC(n2cc(Cc3ccccc3)c(C3CC3)n2)C1. The van der Waals surface area contributed by atoms with Gasteiger partial charge in [-0.05, 0) is 42.7 Å². The molecule has 1 aromatic heterocycles. The molecule has 0 spiro atoms. The number of aromatic nitrogens is 2. The molecule has 2 fully saturated rings. The van der Waals surface area contributed by atoms with E-state index in [0.717, 1.165) is 19.3 Å². The van der Waals surface area contributed by atoms with Crippen molar-refractivity contribution in [2.24, 2.45) is 5.92 Å². The van der Waals surface area contributed by atoms with Crippen LogP contribution in [0, 0.1) is 5.92 Å². The lowest BCUT2D eigenvalue weighted by Gasteiger charge is -2.34. The normalized spacial score (nSPS) is 24.8. The molecule has 2 aliphatic carbocycles. The maximum atomic E-state index is 9.17. The molecular formula is C18H22N2O. The zero-order chi connectivity index (χ0) is 14.2. The molecule has 0 atom stereocenters. The molecule has 0 saturated heterocycles. The van der Waals surface area contributed by atoms with Crippen molar-refractivity contribution in [3.8, 4) is 0 Å². The van der Waals surface area contributed by atoms with Crippen LogP contribution in [0.25, 0.3) is 0 Å². The van der Waals surface area contributed by atoms with Crippen molar-refractivity contribution >= 4 is 0 Å². The molecule has 0 bridgehead atoms. The minimum absolute atomic E-state index is 0.324. The number of hydrogen-bond donors (Lipinski definition) is 1. The number of hydrogen-bond acceptors (Lipinski definition) is 2. The smallest absolute Gasteiger partial charge is 0.0690 e. The highest BCUT2D eigenvalue weighted by Crippen LogP contribution is 2.43. The lowest BCUT2D eigenvalue weighted by atomic mass is 9.81. The monoisotopic (exact) mass is 282 g/mol. The Balaban J connectivity index is 1.56. The van der Waals surface area contributed by atoms with E-state index < -0.39 is 0 Å². The van der Waals surface area contributed by atoms with Crippen LogP contribution < -0.4 is 0 Å². The average molecular weight is 282 g/mol. The van der Waals surface area contributed by atoms with Gasteiger partial charge in [0.25, 0.3) is 0 Å². The molecule has 0 radical (unpaired) electrons. The van der Waals surface area contributed by atoms with Crippen LogP contribution in [-0.2, 0) is 6.42 Å². The largest absolute Gasteiger partial charge is 0.396 e. The second kappa shape index (κ2) is 5.30. The number of aliphatic hydroxyl groups is 1. The highest BCUT2D eigenvalue weighted by Gasteiger charge is 2.34. The number of aliphatic hydroxyl groups excluding tert-OH is 1. The molecule has 2 aliphatic rings. The fourth-order valence-corrected chi connectivity index (χ4v) is 3.35. The van der Waals surface area contributed by atoms with Crippen LogP contribution >= 0.6 is 0 Å². The first-order valence-corrected chi connectivity index (χ1v) is 8.06. The summed E-state index contributed by atoms with van der Waals surface area (Å²) in [5.41, 5.74) is 4.09. The van der Waals surface area contributed by atoms with Crippen molar-refractivity contribution in [1.82, 2.24) is 9.78 Å². The first-order chi connectivity index (χ1) is 10.3. The first kappa shape index (κ1) is 13.1. The van der Waals surface area contributed by atoms with Crippen molar-refractivity contribution in [3.63, 3.8) is 0 Å². The predicted molar refractivity (Wildman–Crippen MR) is 82.3 cm³/mol. The van der Waals surface area contributed by atoms with Crippen molar-refractivity contribution in [2.45, 2.75) is 44.1 Å². The molecule has 1 aromatic carbocycles. The quantitative estimate of drug-likeness (QED) is 0.913. The van der Waals surface area contributed by atoms with Gasteiger partial charge in [0.05, 0.1) is 11.7 Å². The molecule has 0 aliphatic heterocycles. The Morgan fingerprint density at radius 3 is 2.57 bits per heavy atom. The maximum absolute atomic E-state index is 9.17. The highest BCUT2D eigenvalue weighted by molar-refractivity contribution is 5.31. The third-order valence-electron chi connectivity index (χ3n) is 4.88. The molecule has 1 heterocycles. The minimum Gasteiger partial charge on any atom is -0.396 e. The molecule has 0 unspecified atom stereocenters. The van der Waals surface area contributed by atoms with Crippen LogP contribution in [0.5, 0.6) is 0 Å². The maximum Gasteiger partial charge on any atom is 0.0690 e. The summed E-state index contributed by atoms with van der Waals surface area (Å²) >= 11 is 0. The summed E-state index contributed by atoms with van der Waals surface area (Å²) in [6.07, 6.45) is 7.99. The second-order valence-corrected chi connectivity index (χ2v) is 6.63. The zero-order valence-electron chi connectivity index (χ0n) is 12.3. The highest BCUT2D eigenvalue weighted by atomic mass is 16.3. The van der Waals surface area contributed by atoms with Gasteiger partial charge in [-0.15, -0.1) is 0 Å². The van der Waals surface area contributed by atoms with Gasteiger partial charge in [-0.25, -0.2) is 0 Å². The standard InChI is InChI=1S/C18H22N2O/c21-12-14-9-17(10-14)20-11-16(18(19-20)15-6-7-15)8-13-4-2-1-3-5-13/h1-5,11,14-15,17,21H,6-10,12H2. The van der Waals surface area contributed by atoms with Gasteiger partial charge in [0.1, 0.15) is 0 Å². The molecule has 110 valence electrons. The Kier molecular flexibility index (Phi) is 3.30. The third kappa shape index (κ3) is 2.62. The molecule has 2 saturated carbocycles. The summed E-state index contributed by atoms with van der Waals surface area (Å²) in [6, 6.07) is 11.2. The zero-order valence-corrected chi connectivity index (χ0v) is 12.3. The summed E-state index contributed by atoms with van der Waals surface area (Å²) in [6.45, 7) is 0.324. The summed E-state index contributed by atoms with van der Waals surface area (Å²) in [4.78, 5) is 0. The van der Waals surface area contributed by atoms with E-state index in [1.165, 1.54) is 29.7 Å². The van der Waals surface area contributed by atoms with Gasteiger partial charge in [-0.1, -0.05) is 30.3 Å². The van der Waals surface area contributed by atoms with E-state index in [-0.39, 0.29) is 0 Å². The van der Waals surface area contributed by atoms with Crippen molar-refractivity contribution in [3.05, 3.63) is 53.3 Å². The van der Waals surface area contributed by atoms with Crippen LogP contribution in [-0.4, -0.2) is 21.5 Å². The van der Waals surface area contributed by atoms with Gasteiger partial charge in [-0.3, -0.25) is 4.68 Å². The van der Waals surface area contributed by atoms with E-state index in [9.17, 15) is 5.11 Å². The molecule has 2 aromatic rings. The van der Waals surface area contributed by atoms with E-state index in [2.05, 4.69) is 41.2 Å². The van der Waals surface area contributed by atoms with Crippen LogP contribution in [0.4, 0.5) is 0 Å². The van der Waals surface area contributed by atoms with Crippen LogP contribution in [0.3, 0.4) is 0 Å². The van der Waals surface area contributed by atoms with E-state index in [0.29, 0.717) is 24.5 Å². The van der Waals surface area contributed by atoms with Gasteiger partial charge in [0.15, 0.2) is 0 Å². The number of benzene rings is 1. The molecule has 4 rings (SSSR count). The topological polar surface area (TPSA) is 38.0 Å². The Hall–Kier alpha value is -1.61. The summed E-state index contributed by atoms with van der Waals surface area (Å²) in [5, 5.41) is 14.1. The Bertz CT molecular complexity index is 609. The number of rotatable bonds is 5. The predicted octanol–water partition coefficient (Wildman–Crippen LogP) is 3.29. The molecular weight excluding hydrogens is 260 g/mol. The van der Waals surface area contributed by atoms with Gasteiger partial charge >= 0.3 is 0 Å². The summed E-state index contributed by atoms with van der Waals surface area (Å²) in [7, 11) is 0. The molecule has 21 heavy (non-hydrogen) atoms. The molecule has 0 amide bonds. The fraction of sp³-hybridized carbons (Fsp3) is 0.500. The third-order valence-corrected chi connectivity index (χ3v) is 4.88. The van der Waals surface area contributed by atoms with E-state index in [1.54, 1.807) is 0 Å². The van der Waals surface area contributed by atoms with Gasteiger partial charge in [0, 0.05) is 25.1 Å². The first-order valence-electron chi connectivity index (χ1n) is 8.06. The van der Waals surface area contributed by atoms with Crippen molar-refractivity contribution in [1.29, 1.82) is 0 Å². The van der Waals surface area contributed by atoms with E-state index >= 15 is 0 Å². The van der Waals surface area contributed by atoms with Gasteiger partial charge in [-0.2, -0.15) is 5.10 Å². The van der Waals surface area contributed by atoms with Crippen molar-refractivity contribution in [2.75, 3.05) is 6.61 Å². The van der Waals surface area contributed by atoms with Crippen LogP contribution in [0.15, 0.2) is 36.5 Å². The molecule has 3 heteroatoms. The lowest BCUT2D eigenvalue weighted by Crippen LogP contribution is -2.29. The van der Waals surface area contributed by atoms with Crippen LogP contribution in [0.1, 0.15) is 54.5 Å². The summed E-state index contributed by atoms with van der Waals surface area (Å²) in [5.74, 6) is 1.18. The second-order valence-electron chi connectivity index (χ2n) is 6.63. The Morgan fingerprint density at radius 1 is 1.14 bits per heavy atom. The van der Waals surface area contributed by atoms with Gasteiger partial charge in [0.2, 0.25) is 0 Å². The average Bonchev–Trinajstić information content (AvgIpc) is 3.22. The Labute approximate surface area is 125 Å². The van der Waals surface area contributed by atoms with E-state index in [4.69, 9.17) is 5.10 Å². The fourth-order valence-electron chi connectivity index (χ4n) is 3.35.